The molecule has 0 aliphatic carbocycles. The van der Waals surface area contributed by atoms with E-state index in [4.69, 9.17) is 22.1 Å². The number of carbonyl (C=O) groups is 1. The number of nitrogens with two attached hydrogens (primary N) is 1. The summed E-state index contributed by atoms with van der Waals surface area (Å²) in [5.74, 6) is 0.274. The molecule has 1 amide bonds. The van der Waals surface area contributed by atoms with Gasteiger partial charge in [-0.25, -0.2) is 0 Å². The molecule has 2 aromatic rings. The lowest BCUT2D eigenvalue weighted by Gasteiger charge is -2.18. The van der Waals surface area contributed by atoms with E-state index in [9.17, 15) is 4.79 Å². The summed E-state index contributed by atoms with van der Waals surface area (Å²) in [6.45, 7) is 3.97. The molecule has 0 radical (unpaired) electrons. The van der Waals surface area contributed by atoms with Gasteiger partial charge in [0.05, 0.1) is 5.02 Å². The van der Waals surface area contributed by atoms with E-state index >= 15 is 0 Å². The smallest absolute Gasteiger partial charge is 0.260 e. The van der Waals surface area contributed by atoms with Crippen LogP contribution in [0.25, 0.3) is 0 Å². The van der Waals surface area contributed by atoms with Crippen molar-refractivity contribution in [1.29, 1.82) is 0 Å². The third kappa shape index (κ3) is 5.71. The molecule has 0 fully saturated rings. The van der Waals surface area contributed by atoms with Crippen LogP contribution in [0.5, 0.6) is 5.75 Å². The van der Waals surface area contributed by atoms with Gasteiger partial charge in [-0.2, -0.15) is 0 Å². The highest BCUT2D eigenvalue weighted by molar-refractivity contribution is 6.32. The fraction of sp³-hybridized carbons (Fsp3) is 0.278. The van der Waals surface area contributed by atoms with Crippen LogP contribution in [0.1, 0.15) is 24.1 Å². The summed E-state index contributed by atoms with van der Waals surface area (Å²) in [7, 11) is 0. The Morgan fingerprint density at radius 3 is 2.58 bits per heavy atom. The summed E-state index contributed by atoms with van der Waals surface area (Å²) in [5.41, 5.74) is 8.06. The molecule has 2 rings (SSSR count). The Kier molecular flexibility index (Phi) is 8.05. The number of aryl methyl sites for hydroxylation is 1. The van der Waals surface area contributed by atoms with Crippen molar-refractivity contribution < 1.29 is 9.53 Å². The first kappa shape index (κ1) is 20.3. The minimum Gasteiger partial charge on any atom is -0.479 e. The van der Waals surface area contributed by atoms with Crippen molar-refractivity contribution in [1.82, 2.24) is 5.32 Å². The highest BCUT2D eigenvalue weighted by Crippen LogP contribution is 2.26. The van der Waals surface area contributed by atoms with Crippen molar-refractivity contribution in [3.05, 3.63) is 64.7 Å². The Bertz CT molecular complexity index is 665. The SMILES string of the molecule is Cc1ccc(Cl)c(OC(C)C(=O)NCC(N)c2ccccc2)c1.Cl. The second-order valence-electron chi connectivity index (χ2n) is 5.46. The van der Waals surface area contributed by atoms with Crippen LogP contribution in [0.15, 0.2) is 48.5 Å². The zero-order valence-electron chi connectivity index (χ0n) is 13.7. The molecule has 0 aromatic heterocycles. The molecule has 130 valence electrons. The monoisotopic (exact) mass is 368 g/mol. The molecular weight excluding hydrogens is 347 g/mol. The first-order valence-corrected chi connectivity index (χ1v) is 7.86. The quantitative estimate of drug-likeness (QED) is 0.817. The molecule has 0 spiro atoms. The highest BCUT2D eigenvalue weighted by Gasteiger charge is 2.17. The third-order valence-electron chi connectivity index (χ3n) is 3.48. The number of hydrogen-bond donors (Lipinski definition) is 2. The van der Waals surface area contributed by atoms with E-state index < -0.39 is 6.10 Å². The fourth-order valence-corrected chi connectivity index (χ4v) is 2.28. The number of ether oxygens (including phenoxy) is 1. The van der Waals surface area contributed by atoms with Crippen LogP contribution < -0.4 is 15.8 Å². The van der Waals surface area contributed by atoms with Crippen LogP contribution in [0.2, 0.25) is 5.02 Å². The topological polar surface area (TPSA) is 64.3 Å². The van der Waals surface area contributed by atoms with Gasteiger partial charge in [-0.3, -0.25) is 4.79 Å². The largest absolute Gasteiger partial charge is 0.479 e. The van der Waals surface area contributed by atoms with E-state index in [1.54, 1.807) is 13.0 Å². The van der Waals surface area contributed by atoms with Gasteiger partial charge in [0.1, 0.15) is 5.75 Å². The predicted octanol–water partition coefficient (Wildman–Crippen LogP) is 3.65. The van der Waals surface area contributed by atoms with E-state index in [-0.39, 0.29) is 24.4 Å². The zero-order valence-corrected chi connectivity index (χ0v) is 15.2. The van der Waals surface area contributed by atoms with Crippen LogP contribution in [0.3, 0.4) is 0 Å². The molecule has 0 heterocycles. The average Bonchev–Trinajstić information content (AvgIpc) is 2.56. The van der Waals surface area contributed by atoms with Crippen LogP contribution in [0.4, 0.5) is 0 Å². The minimum atomic E-state index is -0.655. The Hall–Kier alpha value is -1.75. The van der Waals surface area contributed by atoms with Gasteiger partial charge in [0.25, 0.3) is 5.91 Å². The molecule has 2 unspecified atom stereocenters. The number of halogens is 2. The number of nitrogens with one attached hydrogen (secondary N) is 1. The molecule has 4 nitrogen and oxygen atoms in total. The van der Waals surface area contributed by atoms with E-state index in [1.807, 2.05) is 49.4 Å². The van der Waals surface area contributed by atoms with Crippen LogP contribution in [-0.4, -0.2) is 18.6 Å². The maximum Gasteiger partial charge on any atom is 0.260 e. The Morgan fingerprint density at radius 2 is 1.92 bits per heavy atom. The Morgan fingerprint density at radius 1 is 1.25 bits per heavy atom. The molecule has 0 bridgehead atoms. The van der Waals surface area contributed by atoms with Crippen molar-refractivity contribution in [3.8, 4) is 5.75 Å². The standard InChI is InChI=1S/C18H21ClN2O2.ClH/c1-12-8-9-15(19)17(10-12)23-13(2)18(22)21-11-16(20)14-6-4-3-5-7-14;/h3-10,13,16H,11,20H2,1-2H3,(H,21,22);1H. The first-order chi connectivity index (χ1) is 11.0. The summed E-state index contributed by atoms with van der Waals surface area (Å²) in [4.78, 5) is 12.1. The molecule has 2 atom stereocenters. The number of rotatable bonds is 6. The van der Waals surface area contributed by atoms with Gasteiger partial charge in [0.2, 0.25) is 0 Å². The van der Waals surface area contributed by atoms with Gasteiger partial charge in [0.15, 0.2) is 6.10 Å². The van der Waals surface area contributed by atoms with E-state index in [0.717, 1.165) is 11.1 Å². The molecule has 0 saturated heterocycles. The van der Waals surface area contributed by atoms with Gasteiger partial charge < -0.3 is 15.8 Å². The summed E-state index contributed by atoms with van der Waals surface area (Å²) >= 11 is 6.08. The lowest BCUT2D eigenvalue weighted by atomic mass is 10.1. The van der Waals surface area contributed by atoms with Gasteiger partial charge in [-0.1, -0.05) is 48.0 Å². The zero-order chi connectivity index (χ0) is 16.8. The molecule has 0 saturated carbocycles. The van der Waals surface area contributed by atoms with Crippen molar-refractivity contribution in [3.63, 3.8) is 0 Å². The van der Waals surface area contributed by atoms with Gasteiger partial charge in [-0.15, -0.1) is 12.4 Å². The fourth-order valence-electron chi connectivity index (χ4n) is 2.12. The molecule has 24 heavy (non-hydrogen) atoms. The van der Waals surface area contributed by atoms with E-state index in [0.29, 0.717) is 17.3 Å². The maximum absolute atomic E-state index is 12.1. The van der Waals surface area contributed by atoms with Crippen LogP contribution in [0, 0.1) is 6.92 Å². The van der Waals surface area contributed by atoms with Gasteiger partial charge in [0, 0.05) is 12.6 Å². The summed E-state index contributed by atoms with van der Waals surface area (Å²) < 4.78 is 5.64. The lowest BCUT2D eigenvalue weighted by molar-refractivity contribution is -0.127. The lowest BCUT2D eigenvalue weighted by Crippen LogP contribution is -2.40. The molecular formula is C18H22Cl2N2O2. The van der Waals surface area contributed by atoms with Crippen LogP contribution >= 0.6 is 24.0 Å². The van der Waals surface area contributed by atoms with Crippen molar-refractivity contribution in [2.45, 2.75) is 26.0 Å². The van der Waals surface area contributed by atoms with Gasteiger partial charge in [-0.05, 0) is 37.1 Å². The Balaban J connectivity index is 0.00000288. The van der Waals surface area contributed by atoms with Crippen molar-refractivity contribution in [2.24, 2.45) is 5.73 Å². The molecule has 0 aliphatic rings. The molecule has 0 aliphatic heterocycles. The average molecular weight is 369 g/mol. The van der Waals surface area contributed by atoms with E-state index in [2.05, 4.69) is 5.32 Å². The number of hydrogen-bond acceptors (Lipinski definition) is 3. The molecule has 6 heteroatoms. The molecule has 3 N–H and O–H groups in total. The van der Waals surface area contributed by atoms with E-state index in [1.165, 1.54) is 0 Å². The van der Waals surface area contributed by atoms with Crippen LogP contribution in [-0.2, 0) is 4.79 Å². The summed E-state index contributed by atoms with van der Waals surface area (Å²) in [6.07, 6.45) is -0.655. The number of carbonyl (C=O) groups excluding carboxylic acids is 1. The van der Waals surface area contributed by atoms with Crippen molar-refractivity contribution in [2.75, 3.05) is 6.54 Å². The maximum atomic E-state index is 12.1. The first-order valence-electron chi connectivity index (χ1n) is 7.48. The van der Waals surface area contributed by atoms with Crippen molar-refractivity contribution >= 4 is 29.9 Å². The second-order valence-corrected chi connectivity index (χ2v) is 5.86. The summed E-state index contributed by atoms with van der Waals surface area (Å²) in [6, 6.07) is 14.8. The number of amides is 1. The molecule has 2 aromatic carbocycles. The third-order valence-corrected chi connectivity index (χ3v) is 3.80. The predicted molar refractivity (Wildman–Crippen MR) is 99.9 cm³/mol. The number of benzene rings is 2. The minimum absolute atomic E-state index is 0. The normalized spacial score (nSPS) is 12.7. The second kappa shape index (κ2) is 9.52. The highest BCUT2D eigenvalue weighted by atomic mass is 35.5. The summed E-state index contributed by atoms with van der Waals surface area (Å²) in [5, 5.41) is 3.29. The van der Waals surface area contributed by atoms with Gasteiger partial charge >= 0.3 is 0 Å². The Labute approximate surface area is 153 Å².